The zero-order valence-corrected chi connectivity index (χ0v) is 19.3. The molecule has 1 aliphatic rings. The van der Waals surface area contributed by atoms with Crippen LogP contribution in [-0.2, 0) is 21.2 Å². The first-order valence-electron chi connectivity index (χ1n) is 9.82. The predicted octanol–water partition coefficient (Wildman–Crippen LogP) is 2.88. The molecular formula is C20H23N5O3S3. The molecule has 8 nitrogen and oxygen atoms in total. The highest BCUT2D eigenvalue weighted by Gasteiger charge is 2.30. The van der Waals surface area contributed by atoms with E-state index in [9.17, 15) is 13.2 Å². The molecule has 3 N–H and O–H groups in total. The lowest BCUT2D eigenvalue weighted by atomic mass is 10.1. The van der Waals surface area contributed by atoms with Crippen LogP contribution in [0.5, 0.6) is 0 Å². The van der Waals surface area contributed by atoms with Gasteiger partial charge in [0.05, 0.1) is 16.7 Å². The van der Waals surface area contributed by atoms with E-state index in [1.54, 1.807) is 23.5 Å². The van der Waals surface area contributed by atoms with Crippen LogP contribution >= 0.6 is 23.1 Å². The van der Waals surface area contributed by atoms with Crippen molar-refractivity contribution in [2.45, 2.75) is 48.3 Å². The third kappa shape index (κ3) is 5.53. The van der Waals surface area contributed by atoms with Crippen LogP contribution in [0.4, 0.5) is 0 Å². The molecule has 0 bridgehead atoms. The summed E-state index contributed by atoms with van der Waals surface area (Å²) in [7, 11) is -3.73. The van der Waals surface area contributed by atoms with Crippen LogP contribution in [0.3, 0.4) is 0 Å². The topological polar surface area (TPSA) is 120 Å². The monoisotopic (exact) mass is 477 g/mol. The Morgan fingerprint density at radius 3 is 2.65 bits per heavy atom. The molecule has 31 heavy (non-hydrogen) atoms. The summed E-state index contributed by atoms with van der Waals surface area (Å²) in [5.41, 5.74) is 0.796. The van der Waals surface area contributed by atoms with Crippen LogP contribution in [-0.4, -0.2) is 34.8 Å². The lowest BCUT2D eigenvalue weighted by molar-refractivity contribution is -0.119. The van der Waals surface area contributed by atoms with Gasteiger partial charge in [-0.3, -0.25) is 4.79 Å². The molecule has 1 atom stereocenters. The maximum atomic E-state index is 12.5. The van der Waals surface area contributed by atoms with E-state index >= 15 is 0 Å². The lowest BCUT2D eigenvalue weighted by Gasteiger charge is -2.15. The lowest BCUT2D eigenvalue weighted by Crippen LogP contribution is -2.28. The number of thioether (sulfide) groups is 1. The predicted molar refractivity (Wildman–Crippen MR) is 121 cm³/mol. The van der Waals surface area contributed by atoms with E-state index in [0.717, 1.165) is 35.8 Å². The smallest absolute Gasteiger partial charge is 0.238 e. The van der Waals surface area contributed by atoms with Crippen LogP contribution in [0.2, 0.25) is 0 Å². The summed E-state index contributed by atoms with van der Waals surface area (Å²) in [6.45, 7) is 1.85. The Morgan fingerprint density at radius 1 is 1.29 bits per heavy atom. The van der Waals surface area contributed by atoms with Gasteiger partial charge in [-0.25, -0.2) is 13.6 Å². The molecule has 1 unspecified atom stereocenters. The summed E-state index contributed by atoms with van der Waals surface area (Å²) < 4.78 is 24.9. The van der Waals surface area contributed by atoms with Crippen LogP contribution < -0.4 is 10.5 Å². The zero-order valence-electron chi connectivity index (χ0n) is 16.9. The maximum absolute atomic E-state index is 12.5. The minimum atomic E-state index is -3.73. The van der Waals surface area contributed by atoms with E-state index in [4.69, 9.17) is 5.14 Å². The van der Waals surface area contributed by atoms with E-state index in [0.29, 0.717) is 6.04 Å². The summed E-state index contributed by atoms with van der Waals surface area (Å²) in [5.74, 6) is 1.04. The van der Waals surface area contributed by atoms with E-state index < -0.39 is 10.0 Å². The molecule has 0 aliphatic heterocycles. The molecule has 1 aliphatic carbocycles. The molecule has 0 radical (unpaired) electrons. The number of thiophene rings is 1. The first kappa shape index (κ1) is 22.0. The second kappa shape index (κ2) is 9.11. The van der Waals surface area contributed by atoms with Crippen LogP contribution in [0.15, 0.2) is 51.8 Å². The second-order valence-electron chi connectivity index (χ2n) is 7.45. The van der Waals surface area contributed by atoms with Gasteiger partial charge in [-0.2, -0.15) is 0 Å². The SMILES string of the molecule is CC(NC(=O)CSc1nnc(Cc2cccs2)n1C1CC1)c1ccc(S(N)(=O)=O)cc1. The van der Waals surface area contributed by atoms with Gasteiger partial charge in [0.1, 0.15) is 5.82 Å². The molecule has 0 saturated heterocycles. The third-order valence-electron chi connectivity index (χ3n) is 4.98. The molecule has 1 amide bonds. The Hall–Kier alpha value is -2.21. The Morgan fingerprint density at radius 2 is 2.03 bits per heavy atom. The van der Waals surface area contributed by atoms with Gasteiger partial charge in [0, 0.05) is 17.3 Å². The number of sulfonamides is 1. The van der Waals surface area contributed by atoms with Crippen molar-refractivity contribution >= 4 is 39.0 Å². The number of carbonyl (C=O) groups is 1. The molecule has 3 aromatic rings. The number of amides is 1. The molecule has 4 rings (SSSR count). The zero-order chi connectivity index (χ0) is 22.0. The van der Waals surface area contributed by atoms with E-state index in [2.05, 4.69) is 31.5 Å². The highest BCUT2D eigenvalue weighted by molar-refractivity contribution is 7.99. The number of nitrogens with two attached hydrogens (primary N) is 1. The Bertz CT molecular complexity index is 1150. The molecule has 2 aromatic heterocycles. The number of primary sulfonamides is 1. The number of nitrogens with zero attached hydrogens (tertiary/aromatic N) is 3. The molecule has 164 valence electrons. The Balaban J connectivity index is 1.36. The first-order chi connectivity index (χ1) is 14.8. The van der Waals surface area contributed by atoms with Crippen molar-refractivity contribution < 1.29 is 13.2 Å². The minimum Gasteiger partial charge on any atom is -0.349 e. The van der Waals surface area contributed by atoms with Gasteiger partial charge < -0.3 is 9.88 Å². The highest BCUT2D eigenvalue weighted by atomic mass is 32.2. The van der Waals surface area contributed by atoms with Gasteiger partial charge in [0.25, 0.3) is 0 Å². The third-order valence-corrected chi connectivity index (χ3v) is 7.73. The molecule has 1 aromatic carbocycles. The minimum absolute atomic E-state index is 0.0445. The molecular weight excluding hydrogens is 454 g/mol. The van der Waals surface area contributed by atoms with E-state index in [1.165, 1.54) is 28.8 Å². The van der Waals surface area contributed by atoms with Gasteiger partial charge >= 0.3 is 0 Å². The van der Waals surface area contributed by atoms with Crippen molar-refractivity contribution in [1.82, 2.24) is 20.1 Å². The maximum Gasteiger partial charge on any atom is 0.238 e. The first-order valence-corrected chi connectivity index (χ1v) is 13.2. The normalized spacial score (nSPS) is 15.0. The summed E-state index contributed by atoms with van der Waals surface area (Å²) in [4.78, 5) is 13.8. The number of rotatable bonds is 9. The standard InChI is InChI=1S/C20H23N5O3S3/c1-13(14-4-8-17(9-5-14)31(21,27)28)22-19(26)12-30-20-24-23-18(25(20)15-6-7-15)11-16-3-2-10-29-16/h2-5,8-10,13,15H,6-7,11-12H2,1H3,(H,22,26)(H2,21,27,28). The Labute approximate surface area is 189 Å². The van der Waals surface area contributed by atoms with Crippen molar-refractivity contribution in [3.63, 3.8) is 0 Å². The molecule has 11 heteroatoms. The van der Waals surface area contributed by atoms with Crippen molar-refractivity contribution in [2.75, 3.05) is 5.75 Å². The fourth-order valence-corrected chi connectivity index (χ4v) is 5.29. The number of hydrogen-bond acceptors (Lipinski definition) is 7. The molecule has 0 spiro atoms. The van der Waals surface area contributed by atoms with Gasteiger partial charge in [0.2, 0.25) is 15.9 Å². The van der Waals surface area contributed by atoms with Crippen LogP contribution in [0.25, 0.3) is 0 Å². The van der Waals surface area contributed by atoms with Gasteiger partial charge in [-0.05, 0) is 48.9 Å². The quantitative estimate of drug-likeness (QED) is 0.457. The fourth-order valence-electron chi connectivity index (χ4n) is 3.24. The van der Waals surface area contributed by atoms with Gasteiger partial charge in [0.15, 0.2) is 5.16 Å². The Kier molecular flexibility index (Phi) is 6.47. The van der Waals surface area contributed by atoms with Gasteiger partial charge in [-0.15, -0.1) is 21.5 Å². The van der Waals surface area contributed by atoms with Crippen LogP contribution in [0, 0.1) is 0 Å². The average molecular weight is 478 g/mol. The summed E-state index contributed by atoms with van der Waals surface area (Å²) >= 11 is 3.09. The number of carbonyl (C=O) groups excluding carboxylic acids is 1. The molecule has 1 fully saturated rings. The number of aromatic nitrogens is 3. The van der Waals surface area contributed by atoms with Crippen molar-refractivity contribution in [1.29, 1.82) is 0 Å². The molecule has 1 saturated carbocycles. The summed E-state index contributed by atoms with van der Waals surface area (Å²) in [6, 6.07) is 10.5. The van der Waals surface area contributed by atoms with Crippen molar-refractivity contribution in [2.24, 2.45) is 5.14 Å². The average Bonchev–Trinajstić information content (AvgIpc) is 3.28. The largest absolute Gasteiger partial charge is 0.349 e. The highest BCUT2D eigenvalue weighted by Crippen LogP contribution is 2.39. The molecule has 2 heterocycles. The van der Waals surface area contributed by atoms with Gasteiger partial charge in [-0.1, -0.05) is 30.0 Å². The van der Waals surface area contributed by atoms with E-state index in [-0.39, 0.29) is 22.6 Å². The summed E-state index contributed by atoms with van der Waals surface area (Å²) in [5, 5.41) is 19.6. The summed E-state index contributed by atoms with van der Waals surface area (Å²) in [6.07, 6.45) is 2.97. The second-order valence-corrected chi connectivity index (χ2v) is 11.0. The number of nitrogens with one attached hydrogen (secondary N) is 1. The van der Waals surface area contributed by atoms with Crippen LogP contribution in [0.1, 0.15) is 48.1 Å². The van der Waals surface area contributed by atoms with E-state index in [1.807, 2.05) is 13.0 Å². The van der Waals surface area contributed by atoms with Crippen molar-refractivity contribution in [3.05, 3.63) is 58.0 Å². The fraction of sp³-hybridized carbons (Fsp3) is 0.350. The number of benzene rings is 1. The van der Waals surface area contributed by atoms with Crippen molar-refractivity contribution in [3.8, 4) is 0 Å². The number of hydrogen-bond donors (Lipinski definition) is 2.